The molecule has 0 spiro atoms. The highest BCUT2D eigenvalue weighted by atomic mass is 16.4. The number of aliphatic hydroxyl groups is 2. The van der Waals surface area contributed by atoms with Crippen LogP contribution >= 0.6 is 0 Å². The minimum atomic E-state index is -2.27. The van der Waals surface area contributed by atoms with Crippen molar-refractivity contribution in [3.05, 3.63) is 0 Å². The van der Waals surface area contributed by atoms with Crippen LogP contribution in [-0.4, -0.2) is 69.7 Å². The molecule has 0 radical (unpaired) electrons. The molecule has 0 aromatic heterocycles. The highest BCUT2D eigenvalue weighted by Crippen LogP contribution is 2.16. The Bertz CT molecular complexity index is 294. The van der Waals surface area contributed by atoms with E-state index in [-0.39, 0.29) is 0 Å². The maximum absolute atomic E-state index is 9.77. The number of carboxylic acid groups (broad SMARTS) is 2. The van der Waals surface area contributed by atoms with E-state index in [1.54, 1.807) is 0 Å². The molecular weight excluding hydrogens is 268 g/mol. The van der Waals surface area contributed by atoms with Gasteiger partial charge in [-0.25, -0.2) is 9.59 Å². The monoisotopic (exact) mass is 290 g/mol. The van der Waals surface area contributed by atoms with Gasteiger partial charge in [0, 0.05) is 12.1 Å². The predicted molar refractivity (Wildman–Crippen MR) is 69.3 cm³/mol. The number of hydrogen-bond acceptors (Lipinski definition) is 6. The molecule has 4 atom stereocenters. The summed E-state index contributed by atoms with van der Waals surface area (Å²) in [6.07, 6.45) is 0.996. The van der Waals surface area contributed by atoms with Gasteiger partial charge in [0.2, 0.25) is 0 Å². The van der Waals surface area contributed by atoms with Gasteiger partial charge >= 0.3 is 11.9 Å². The Morgan fingerprint density at radius 1 is 0.850 bits per heavy atom. The van der Waals surface area contributed by atoms with Crippen molar-refractivity contribution >= 4 is 11.9 Å². The smallest absolute Gasteiger partial charge is 0.335 e. The molecule has 2 saturated heterocycles. The molecule has 0 amide bonds. The van der Waals surface area contributed by atoms with Crippen molar-refractivity contribution in [3.63, 3.8) is 0 Å². The van der Waals surface area contributed by atoms with Crippen molar-refractivity contribution in [3.8, 4) is 0 Å². The molecule has 2 fully saturated rings. The zero-order chi connectivity index (χ0) is 15.1. The number of carboxylic acids is 2. The van der Waals surface area contributed by atoms with Crippen molar-refractivity contribution in [2.75, 3.05) is 13.1 Å². The molecule has 0 saturated carbocycles. The average molecular weight is 290 g/mol. The Morgan fingerprint density at radius 2 is 1.20 bits per heavy atom. The fraction of sp³-hybridized carbons (Fsp3) is 0.833. The molecule has 6 N–H and O–H groups in total. The molecule has 0 aromatic rings. The van der Waals surface area contributed by atoms with E-state index in [1.165, 1.54) is 38.8 Å². The van der Waals surface area contributed by atoms with Crippen molar-refractivity contribution in [2.45, 2.75) is 50.0 Å². The van der Waals surface area contributed by atoms with Crippen molar-refractivity contribution in [1.29, 1.82) is 0 Å². The maximum Gasteiger partial charge on any atom is 0.335 e. The molecule has 0 aliphatic carbocycles. The molecule has 0 unspecified atom stereocenters. The van der Waals surface area contributed by atoms with E-state index >= 15 is 0 Å². The fourth-order valence-electron chi connectivity index (χ4n) is 2.38. The van der Waals surface area contributed by atoms with Crippen molar-refractivity contribution in [2.24, 2.45) is 0 Å². The lowest BCUT2D eigenvalue weighted by Gasteiger charge is -2.17. The second-order valence-electron chi connectivity index (χ2n) is 4.97. The van der Waals surface area contributed by atoms with E-state index in [4.69, 9.17) is 20.4 Å². The van der Waals surface area contributed by atoms with Crippen LogP contribution in [0.25, 0.3) is 0 Å². The lowest BCUT2D eigenvalue weighted by atomic mass is 10.1. The van der Waals surface area contributed by atoms with Crippen LogP contribution in [0.5, 0.6) is 0 Å². The molecule has 116 valence electrons. The number of rotatable bonds is 4. The summed E-state index contributed by atoms with van der Waals surface area (Å²) >= 11 is 0. The van der Waals surface area contributed by atoms with Crippen LogP contribution in [0.1, 0.15) is 25.7 Å². The molecule has 8 heteroatoms. The third kappa shape index (κ3) is 5.04. The van der Waals surface area contributed by atoms with Gasteiger partial charge in [-0.3, -0.25) is 0 Å². The summed E-state index contributed by atoms with van der Waals surface area (Å²) in [7, 11) is 0. The number of aliphatic carboxylic acids is 2. The Balaban J connectivity index is 0.000000200. The summed E-state index contributed by atoms with van der Waals surface area (Å²) in [5.41, 5.74) is 0. The van der Waals surface area contributed by atoms with Gasteiger partial charge in [-0.15, -0.1) is 0 Å². The van der Waals surface area contributed by atoms with Gasteiger partial charge in [-0.2, -0.15) is 0 Å². The predicted octanol–water partition coefficient (Wildman–Crippen LogP) is -1.63. The first-order valence-corrected chi connectivity index (χ1v) is 6.72. The topological polar surface area (TPSA) is 139 Å². The third-order valence-corrected chi connectivity index (χ3v) is 3.49. The van der Waals surface area contributed by atoms with E-state index in [0.29, 0.717) is 0 Å². The number of aliphatic hydroxyl groups excluding tert-OH is 2. The molecule has 0 bridgehead atoms. The minimum Gasteiger partial charge on any atom is -0.479 e. The molecule has 20 heavy (non-hydrogen) atoms. The first-order chi connectivity index (χ1) is 9.43. The Labute approximate surface area is 116 Å². The molecular formula is C12H22N2O6. The number of nitrogens with one attached hydrogen (secondary N) is 2. The quantitative estimate of drug-likeness (QED) is 0.363. The Morgan fingerprint density at radius 3 is 1.40 bits per heavy atom. The molecule has 2 heterocycles. The van der Waals surface area contributed by atoms with Crippen LogP contribution < -0.4 is 10.6 Å². The molecule has 2 aliphatic heterocycles. The first kappa shape index (κ1) is 16.8. The van der Waals surface area contributed by atoms with E-state index in [1.807, 2.05) is 0 Å². The zero-order valence-corrected chi connectivity index (χ0v) is 11.2. The van der Waals surface area contributed by atoms with E-state index in [2.05, 4.69) is 10.6 Å². The van der Waals surface area contributed by atoms with Gasteiger partial charge in [-0.05, 0) is 38.8 Å². The van der Waals surface area contributed by atoms with Gasteiger partial charge in [0.1, 0.15) is 0 Å². The van der Waals surface area contributed by atoms with Gasteiger partial charge in [0.15, 0.2) is 12.2 Å². The normalized spacial score (nSPS) is 28.3. The van der Waals surface area contributed by atoms with Gasteiger partial charge in [-0.1, -0.05) is 0 Å². The first-order valence-electron chi connectivity index (χ1n) is 6.72. The van der Waals surface area contributed by atoms with E-state index < -0.39 is 24.1 Å². The summed E-state index contributed by atoms with van der Waals surface area (Å²) in [4.78, 5) is 19.5. The maximum atomic E-state index is 9.77. The van der Waals surface area contributed by atoms with Crippen LogP contribution in [0.4, 0.5) is 0 Å². The standard InChI is InChI=1S/C8H16N2.C4H6O6/c1-3-7(9-5-1)8-4-2-6-10-8;5-1(3(7)8)2(6)4(9)10/h7-10H,1-6H2;1-2,5-6H,(H,7,8)(H,9,10)/t7-,8-;1-,2-/m11/s1. The summed E-state index contributed by atoms with van der Waals surface area (Å²) in [5, 5.41) is 39.6. The second-order valence-corrected chi connectivity index (χ2v) is 4.97. The van der Waals surface area contributed by atoms with Crippen LogP contribution in [0.2, 0.25) is 0 Å². The fourth-order valence-corrected chi connectivity index (χ4v) is 2.38. The lowest BCUT2D eigenvalue weighted by Crippen LogP contribution is -2.40. The zero-order valence-electron chi connectivity index (χ0n) is 11.2. The minimum absolute atomic E-state index is 0.794. The van der Waals surface area contributed by atoms with Crippen LogP contribution in [0.3, 0.4) is 0 Å². The van der Waals surface area contributed by atoms with Crippen LogP contribution in [0, 0.1) is 0 Å². The highest BCUT2D eigenvalue weighted by Gasteiger charge is 2.29. The lowest BCUT2D eigenvalue weighted by molar-refractivity contribution is -0.165. The third-order valence-electron chi connectivity index (χ3n) is 3.49. The van der Waals surface area contributed by atoms with Crippen molar-refractivity contribution in [1.82, 2.24) is 10.6 Å². The molecule has 2 rings (SSSR count). The summed E-state index contributed by atoms with van der Waals surface area (Å²) < 4.78 is 0. The molecule has 0 aromatic carbocycles. The number of carbonyl (C=O) groups is 2. The summed E-state index contributed by atoms with van der Waals surface area (Å²) in [5.74, 6) is -3.54. The number of hydrogen-bond donors (Lipinski definition) is 6. The van der Waals surface area contributed by atoms with Gasteiger partial charge in [0.05, 0.1) is 0 Å². The van der Waals surface area contributed by atoms with Crippen LogP contribution in [-0.2, 0) is 9.59 Å². The Kier molecular flexibility index (Phi) is 6.86. The summed E-state index contributed by atoms with van der Waals surface area (Å²) in [6.45, 7) is 2.48. The van der Waals surface area contributed by atoms with Gasteiger partial charge < -0.3 is 31.1 Å². The Hall–Kier alpha value is -1.22. The van der Waals surface area contributed by atoms with Crippen LogP contribution in [0.15, 0.2) is 0 Å². The largest absolute Gasteiger partial charge is 0.479 e. The van der Waals surface area contributed by atoms with E-state index in [9.17, 15) is 9.59 Å². The highest BCUT2D eigenvalue weighted by molar-refractivity contribution is 5.83. The van der Waals surface area contributed by atoms with Gasteiger partial charge in [0.25, 0.3) is 0 Å². The van der Waals surface area contributed by atoms with E-state index in [0.717, 1.165) is 12.1 Å². The molecule has 8 nitrogen and oxygen atoms in total. The SMILES string of the molecule is C1CN[C@@H]([C@H]2CCCN2)C1.O=C(O)[C@H](O)[C@@H](O)C(=O)O. The second kappa shape index (κ2) is 8.15. The molecule has 2 aliphatic rings. The van der Waals surface area contributed by atoms with Crippen molar-refractivity contribution < 1.29 is 30.0 Å². The summed E-state index contributed by atoms with van der Waals surface area (Å²) in [6, 6.07) is 1.59. The average Bonchev–Trinajstić information content (AvgIpc) is 3.08.